The van der Waals surface area contributed by atoms with E-state index >= 15 is 0 Å². The molecule has 1 N–H and O–H groups in total. The van der Waals surface area contributed by atoms with Crippen LogP contribution >= 0.6 is 0 Å². The normalized spacial score (nSPS) is 17.1. The minimum Gasteiger partial charge on any atom is -0.445 e. The molecule has 20 heavy (non-hydrogen) atoms. The van der Waals surface area contributed by atoms with Crippen LogP contribution in [0.25, 0.3) is 0 Å². The number of nitrogens with zero attached hydrogens (tertiary/aromatic N) is 2. The van der Waals surface area contributed by atoms with E-state index in [2.05, 4.69) is 5.43 Å². The van der Waals surface area contributed by atoms with Crippen molar-refractivity contribution in [3.8, 4) is 6.19 Å². The second-order valence-corrected chi connectivity index (χ2v) is 5.67. The first kappa shape index (κ1) is 16.6. The zero-order chi connectivity index (χ0) is 14.8. The molecular weight excluding hydrogens is 254 g/mol. The number of carbonyl (C=O) groups excluding carboxylic acids is 1. The first-order valence-corrected chi connectivity index (χ1v) is 7.80. The van der Waals surface area contributed by atoms with Gasteiger partial charge in [-0.1, -0.05) is 45.4 Å². The van der Waals surface area contributed by atoms with Gasteiger partial charge in [0.1, 0.15) is 6.10 Å². The molecule has 0 unspecified atom stereocenters. The predicted molar refractivity (Wildman–Crippen MR) is 77.5 cm³/mol. The Morgan fingerprint density at radius 3 is 2.75 bits per heavy atom. The zero-order valence-corrected chi connectivity index (χ0v) is 12.7. The fourth-order valence-electron chi connectivity index (χ4n) is 2.71. The highest BCUT2D eigenvalue weighted by Gasteiger charge is 2.19. The quantitative estimate of drug-likeness (QED) is 0.440. The van der Waals surface area contributed by atoms with E-state index in [-0.39, 0.29) is 6.10 Å². The van der Waals surface area contributed by atoms with Gasteiger partial charge in [-0.15, -0.1) is 0 Å². The number of unbranched alkanes of at least 4 members (excludes halogenated alkanes) is 1. The molecule has 0 aromatic rings. The van der Waals surface area contributed by atoms with Gasteiger partial charge in [0.15, 0.2) is 6.19 Å². The minimum atomic E-state index is -0.522. The third-order valence-electron chi connectivity index (χ3n) is 3.78. The van der Waals surface area contributed by atoms with Crippen molar-refractivity contribution in [2.45, 2.75) is 71.3 Å². The van der Waals surface area contributed by atoms with Crippen LogP contribution in [-0.4, -0.2) is 23.8 Å². The van der Waals surface area contributed by atoms with Crippen molar-refractivity contribution in [3.63, 3.8) is 0 Å². The molecule has 1 fully saturated rings. The molecule has 1 saturated carbocycles. The summed E-state index contributed by atoms with van der Waals surface area (Å²) in [6.45, 7) is 4.50. The third kappa shape index (κ3) is 6.65. The summed E-state index contributed by atoms with van der Waals surface area (Å²) in [5.74, 6) is 0.679. The van der Waals surface area contributed by atoms with Gasteiger partial charge in [0.05, 0.1) is 6.54 Å². The molecule has 0 aromatic carbocycles. The number of nitriles is 1. The number of carbonyl (C=O) groups is 1. The fourth-order valence-corrected chi connectivity index (χ4v) is 2.71. The van der Waals surface area contributed by atoms with Crippen molar-refractivity contribution in [1.29, 1.82) is 5.26 Å². The van der Waals surface area contributed by atoms with Crippen LogP contribution in [0.4, 0.5) is 4.79 Å². The number of nitrogens with one attached hydrogen (secondary N) is 1. The summed E-state index contributed by atoms with van der Waals surface area (Å²) < 4.78 is 5.32. The molecule has 1 rings (SSSR count). The van der Waals surface area contributed by atoms with Gasteiger partial charge in [0.25, 0.3) is 0 Å². The standard InChI is InChI=1S/C15H27N3O2/c1-3-4-10-18(12-16)17-15(19)20-13(2)11-14-8-6-5-7-9-14/h13-14H,3-11H2,1-2H3,(H,17,19)/t13-/m0/s1. The van der Waals surface area contributed by atoms with Gasteiger partial charge < -0.3 is 4.74 Å². The Labute approximate surface area is 122 Å². The minimum absolute atomic E-state index is 0.0928. The van der Waals surface area contributed by atoms with Gasteiger partial charge in [-0.3, -0.25) is 0 Å². The van der Waals surface area contributed by atoms with Crippen molar-refractivity contribution < 1.29 is 9.53 Å². The summed E-state index contributed by atoms with van der Waals surface area (Å²) in [5.41, 5.74) is 2.48. The molecule has 5 heteroatoms. The van der Waals surface area contributed by atoms with Gasteiger partial charge in [-0.25, -0.2) is 15.2 Å². The highest BCUT2D eigenvalue weighted by atomic mass is 16.6. The van der Waals surface area contributed by atoms with E-state index in [1.54, 1.807) is 0 Å². The second-order valence-electron chi connectivity index (χ2n) is 5.67. The second kappa shape index (κ2) is 9.46. The van der Waals surface area contributed by atoms with Crippen LogP contribution in [0.2, 0.25) is 0 Å². The molecule has 114 valence electrons. The number of hydrogen-bond acceptors (Lipinski definition) is 4. The Kier molecular flexibility index (Phi) is 7.86. The summed E-state index contributed by atoms with van der Waals surface area (Å²) in [5, 5.41) is 10.1. The Morgan fingerprint density at radius 2 is 2.15 bits per heavy atom. The summed E-state index contributed by atoms with van der Waals surface area (Å²) in [6, 6.07) is 0. The fraction of sp³-hybridized carbons (Fsp3) is 0.867. The van der Waals surface area contributed by atoms with Crippen molar-refractivity contribution >= 4 is 6.09 Å². The SMILES string of the molecule is CCCCN(C#N)NC(=O)O[C@@H](C)CC1CCCCC1. The number of hydrogen-bond donors (Lipinski definition) is 1. The Balaban J connectivity index is 2.24. The molecule has 1 amide bonds. The topological polar surface area (TPSA) is 65.4 Å². The summed E-state index contributed by atoms with van der Waals surface area (Å²) in [7, 11) is 0. The van der Waals surface area contributed by atoms with Crippen LogP contribution in [0.1, 0.15) is 65.2 Å². The lowest BCUT2D eigenvalue weighted by Crippen LogP contribution is -2.41. The molecular formula is C15H27N3O2. The Bertz CT molecular complexity index is 322. The Morgan fingerprint density at radius 1 is 1.45 bits per heavy atom. The molecule has 0 radical (unpaired) electrons. The monoisotopic (exact) mass is 281 g/mol. The van der Waals surface area contributed by atoms with Crippen molar-refractivity contribution in [3.05, 3.63) is 0 Å². The average molecular weight is 281 g/mol. The van der Waals surface area contributed by atoms with Gasteiger partial charge in [0, 0.05) is 0 Å². The van der Waals surface area contributed by atoms with Crippen LogP contribution in [0.3, 0.4) is 0 Å². The molecule has 1 atom stereocenters. The van der Waals surface area contributed by atoms with Gasteiger partial charge in [-0.2, -0.15) is 5.26 Å². The first-order valence-electron chi connectivity index (χ1n) is 7.80. The van der Waals surface area contributed by atoms with Crippen molar-refractivity contribution in [1.82, 2.24) is 10.4 Å². The van der Waals surface area contributed by atoms with E-state index in [0.29, 0.717) is 12.5 Å². The van der Waals surface area contributed by atoms with Crippen LogP contribution < -0.4 is 5.43 Å². The van der Waals surface area contributed by atoms with E-state index in [4.69, 9.17) is 10.00 Å². The number of rotatable bonds is 7. The first-order chi connectivity index (χ1) is 9.65. The maximum absolute atomic E-state index is 11.7. The van der Waals surface area contributed by atoms with Crippen molar-refractivity contribution in [2.75, 3.05) is 6.54 Å². The third-order valence-corrected chi connectivity index (χ3v) is 3.78. The summed E-state index contributed by atoms with van der Waals surface area (Å²) >= 11 is 0. The molecule has 5 nitrogen and oxygen atoms in total. The molecule has 0 aromatic heterocycles. The molecule has 0 bridgehead atoms. The van der Waals surface area contributed by atoms with E-state index in [1.165, 1.54) is 37.1 Å². The molecule has 0 saturated heterocycles. The largest absolute Gasteiger partial charge is 0.445 e. The summed E-state index contributed by atoms with van der Waals surface area (Å²) in [4.78, 5) is 11.7. The summed E-state index contributed by atoms with van der Waals surface area (Å²) in [6.07, 6.45) is 10.5. The van der Waals surface area contributed by atoms with Crippen LogP contribution in [-0.2, 0) is 4.74 Å². The lowest BCUT2D eigenvalue weighted by atomic mass is 9.86. The molecule has 0 heterocycles. The van der Waals surface area contributed by atoms with E-state index in [1.807, 2.05) is 20.0 Å². The average Bonchev–Trinajstić information content (AvgIpc) is 2.44. The Hall–Kier alpha value is -1.44. The van der Waals surface area contributed by atoms with Crippen LogP contribution in [0.15, 0.2) is 0 Å². The lowest BCUT2D eigenvalue weighted by Gasteiger charge is -2.25. The highest BCUT2D eigenvalue weighted by Crippen LogP contribution is 2.27. The number of amides is 1. The smallest absolute Gasteiger partial charge is 0.427 e. The molecule has 0 spiro atoms. The molecule has 0 aliphatic heterocycles. The van der Waals surface area contributed by atoms with E-state index in [9.17, 15) is 4.79 Å². The zero-order valence-electron chi connectivity index (χ0n) is 12.7. The van der Waals surface area contributed by atoms with Crippen LogP contribution in [0, 0.1) is 17.4 Å². The predicted octanol–water partition coefficient (Wildman–Crippen LogP) is 3.57. The van der Waals surface area contributed by atoms with Gasteiger partial charge in [-0.05, 0) is 25.7 Å². The van der Waals surface area contributed by atoms with E-state index < -0.39 is 6.09 Å². The number of ether oxygens (including phenoxy) is 1. The van der Waals surface area contributed by atoms with Gasteiger partial charge >= 0.3 is 6.09 Å². The van der Waals surface area contributed by atoms with Gasteiger partial charge in [0.2, 0.25) is 0 Å². The highest BCUT2D eigenvalue weighted by molar-refractivity contribution is 5.66. The number of hydrazine groups is 1. The molecule has 1 aliphatic carbocycles. The van der Waals surface area contributed by atoms with Crippen molar-refractivity contribution in [2.24, 2.45) is 5.92 Å². The maximum Gasteiger partial charge on any atom is 0.427 e. The lowest BCUT2D eigenvalue weighted by molar-refractivity contribution is 0.0725. The van der Waals surface area contributed by atoms with Crippen LogP contribution in [0.5, 0.6) is 0 Å². The molecule has 1 aliphatic rings. The van der Waals surface area contributed by atoms with E-state index in [0.717, 1.165) is 19.3 Å². The maximum atomic E-state index is 11.7.